The number of rotatable bonds is 4. The van der Waals surface area contributed by atoms with Crippen molar-refractivity contribution in [1.82, 2.24) is 19.1 Å². The van der Waals surface area contributed by atoms with E-state index in [1.807, 2.05) is 24.4 Å². The number of hydrogen-bond donors (Lipinski definition) is 1. The fourth-order valence-corrected chi connectivity index (χ4v) is 3.30. The minimum absolute atomic E-state index is 0.273. The van der Waals surface area contributed by atoms with Crippen LogP contribution in [0.3, 0.4) is 0 Å². The zero-order valence-electron chi connectivity index (χ0n) is 13.9. The van der Waals surface area contributed by atoms with Gasteiger partial charge in [-0.25, -0.2) is 9.78 Å². The van der Waals surface area contributed by atoms with E-state index in [2.05, 4.69) is 16.0 Å². The van der Waals surface area contributed by atoms with Crippen LogP contribution in [0.15, 0.2) is 58.4 Å². The van der Waals surface area contributed by atoms with E-state index in [-0.39, 0.29) is 11.2 Å². The Labute approximate surface area is 143 Å². The molecule has 0 atom stereocenters. The maximum Gasteiger partial charge on any atom is 0.332 e. The van der Waals surface area contributed by atoms with Gasteiger partial charge >= 0.3 is 5.69 Å². The molecule has 1 N–H and O–H groups in total. The van der Waals surface area contributed by atoms with Crippen LogP contribution in [0.25, 0.3) is 21.9 Å². The first-order chi connectivity index (χ1) is 12.2. The summed E-state index contributed by atoms with van der Waals surface area (Å²) in [5.41, 5.74) is 2.12. The second-order valence-corrected chi connectivity index (χ2v) is 6.14. The van der Waals surface area contributed by atoms with Crippen molar-refractivity contribution in [1.29, 1.82) is 0 Å². The molecule has 0 aliphatic carbocycles. The fourth-order valence-electron chi connectivity index (χ4n) is 3.30. The van der Waals surface area contributed by atoms with Gasteiger partial charge in [0.2, 0.25) is 0 Å². The highest BCUT2D eigenvalue weighted by Gasteiger charge is 2.11. The quantitative estimate of drug-likeness (QED) is 0.622. The standard InChI is InChI=1S/C19H18N4O2/c1-22-17-15(8-4-10-20-17)18(24)23(19(22)25)11-5-6-13-12-21-16-9-3-2-7-14(13)16/h2-4,7-10,12,21H,5-6,11H2,1H3. The number of benzene rings is 1. The van der Waals surface area contributed by atoms with Crippen LogP contribution >= 0.6 is 0 Å². The number of fused-ring (bicyclic) bond motifs is 2. The molecule has 4 rings (SSSR count). The van der Waals surface area contributed by atoms with E-state index in [9.17, 15) is 9.59 Å². The van der Waals surface area contributed by atoms with Crippen LogP contribution in [0, 0.1) is 0 Å². The Balaban J connectivity index is 1.63. The lowest BCUT2D eigenvalue weighted by Crippen LogP contribution is -2.39. The van der Waals surface area contributed by atoms with Gasteiger partial charge in [-0.1, -0.05) is 18.2 Å². The van der Waals surface area contributed by atoms with Crippen molar-refractivity contribution in [3.8, 4) is 0 Å². The number of nitrogens with one attached hydrogen (secondary N) is 1. The first-order valence-electron chi connectivity index (χ1n) is 8.26. The van der Waals surface area contributed by atoms with E-state index in [0.717, 1.165) is 11.9 Å². The predicted octanol–water partition coefficient (Wildman–Crippen LogP) is 2.21. The maximum absolute atomic E-state index is 12.6. The van der Waals surface area contributed by atoms with Crippen LogP contribution in [0.4, 0.5) is 0 Å². The Bertz CT molecular complexity index is 1180. The first kappa shape index (κ1) is 15.4. The molecule has 0 amide bonds. The largest absolute Gasteiger partial charge is 0.361 e. The summed E-state index contributed by atoms with van der Waals surface area (Å²) in [7, 11) is 1.65. The van der Waals surface area contributed by atoms with Crippen LogP contribution in [0.2, 0.25) is 0 Å². The molecule has 3 heterocycles. The summed E-state index contributed by atoms with van der Waals surface area (Å²) in [6, 6.07) is 11.5. The van der Waals surface area contributed by atoms with Gasteiger partial charge < -0.3 is 4.98 Å². The molecule has 3 aromatic heterocycles. The molecule has 126 valence electrons. The number of para-hydroxylation sites is 1. The number of aromatic amines is 1. The number of pyridine rings is 1. The molecule has 0 unspecified atom stereocenters. The molecule has 0 saturated carbocycles. The van der Waals surface area contributed by atoms with Crippen molar-refractivity contribution in [2.75, 3.05) is 0 Å². The summed E-state index contributed by atoms with van der Waals surface area (Å²) in [6.45, 7) is 0.385. The SMILES string of the molecule is Cn1c(=O)n(CCCc2c[nH]c3ccccc23)c(=O)c2cccnc21. The van der Waals surface area contributed by atoms with Crippen molar-refractivity contribution in [3.05, 3.63) is 75.2 Å². The zero-order chi connectivity index (χ0) is 17.4. The third-order valence-corrected chi connectivity index (χ3v) is 4.60. The molecule has 0 aliphatic heterocycles. The van der Waals surface area contributed by atoms with Crippen LogP contribution in [-0.2, 0) is 20.0 Å². The normalized spacial score (nSPS) is 11.4. The summed E-state index contributed by atoms with van der Waals surface area (Å²) >= 11 is 0. The first-order valence-corrected chi connectivity index (χ1v) is 8.26. The lowest BCUT2D eigenvalue weighted by molar-refractivity contribution is 0.573. The van der Waals surface area contributed by atoms with Gasteiger partial charge in [-0.15, -0.1) is 0 Å². The molecule has 25 heavy (non-hydrogen) atoms. The van der Waals surface area contributed by atoms with Crippen molar-refractivity contribution in [3.63, 3.8) is 0 Å². The third-order valence-electron chi connectivity index (χ3n) is 4.60. The Hall–Kier alpha value is -3.15. The van der Waals surface area contributed by atoms with E-state index < -0.39 is 0 Å². The molecule has 6 heteroatoms. The van der Waals surface area contributed by atoms with Gasteiger partial charge in [0.05, 0.1) is 5.39 Å². The van der Waals surface area contributed by atoms with Gasteiger partial charge in [0, 0.05) is 36.9 Å². The van der Waals surface area contributed by atoms with Gasteiger partial charge in [0.15, 0.2) is 0 Å². The minimum atomic E-state index is -0.324. The Kier molecular flexibility index (Phi) is 3.72. The summed E-state index contributed by atoms with van der Waals surface area (Å²) in [5, 5.41) is 1.65. The number of aromatic nitrogens is 4. The molecule has 0 fully saturated rings. The van der Waals surface area contributed by atoms with Gasteiger partial charge in [-0.05, 0) is 36.6 Å². The van der Waals surface area contributed by atoms with Crippen LogP contribution in [0.1, 0.15) is 12.0 Å². The topological polar surface area (TPSA) is 72.7 Å². The number of H-pyrrole nitrogens is 1. The lowest BCUT2D eigenvalue weighted by Gasteiger charge is -2.09. The van der Waals surface area contributed by atoms with Gasteiger partial charge in [0.25, 0.3) is 5.56 Å². The summed E-state index contributed by atoms with van der Waals surface area (Å²) in [6.07, 6.45) is 5.09. The summed E-state index contributed by atoms with van der Waals surface area (Å²) < 4.78 is 2.74. The van der Waals surface area contributed by atoms with Gasteiger partial charge in [-0.3, -0.25) is 13.9 Å². The average Bonchev–Trinajstić information content (AvgIpc) is 3.06. The van der Waals surface area contributed by atoms with Crippen LogP contribution in [-0.4, -0.2) is 19.1 Å². The molecule has 0 spiro atoms. The monoisotopic (exact) mass is 334 g/mol. The minimum Gasteiger partial charge on any atom is -0.361 e. The van der Waals surface area contributed by atoms with E-state index in [4.69, 9.17) is 0 Å². The fraction of sp³-hybridized carbons (Fsp3) is 0.211. The second-order valence-electron chi connectivity index (χ2n) is 6.14. The average molecular weight is 334 g/mol. The summed E-state index contributed by atoms with van der Waals surface area (Å²) in [4.78, 5) is 32.5. The maximum atomic E-state index is 12.6. The molecule has 0 radical (unpaired) electrons. The van der Waals surface area contributed by atoms with E-state index >= 15 is 0 Å². The molecule has 6 nitrogen and oxygen atoms in total. The van der Waals surface area contributed by atoms with Gasteiger partial charge in [-0.2, -0.15) is 0 Å². The molecule has 0 saturated heterocycles. The van der Waals surface area contributed by atoms with E-state index in [0.29, 0.717) is 24.0 Å². The molecule has 0 bridgehead atoms. The third kappa shape index (κ3) is 2.55. The van der Waals surface area contributed by atoms with E-state index in [1.54, 1.807) is 25.4 Å². The van der Waals surface area contributed by atoms with Crippen molar-refractivity contribution in [2.24, 2.45) is 7.05 Å². The summed E-state index contributed by atoms with van der Waals surface area (Å²) in [5.74, 6) is 0. The lowest BCUT2D eigenvalue weighted by atomic mass is 10.1. The number of nitrogens with zero attached hydrogens (tertiary/aromatic N) is 3. The predicted molar refractivity (Wildman–Crippen MR) is 97.9 cm³/mol. The van der Waals surface area contributed by atoms with E-state index in [1.165, 1.54) is 20.1 Å². The highest BCUT2D eigenvalue weighted by Crippen LogP contribution is 2.19. The number of hydrogen-bond acceptors (Lipinski definition) is 3. The molecular weight excluding hydrogens is 316 g/mol. The zero-order valence-corrected chi connectivity index (χ0v) is 13.9. The highest BCUT2D eigenvalue weighted by molar-refractivity contribution is 5.83. The molecule has 0 aliphatic rings. The highest BCUT2D eigenvalue weighted by atomic mass is 16.2. The van der Waals surface area contributed by atoms with Crippen molar-refractivity contribution in [2.45, 2.75) is 19.4 Å². The van der Waals surface area contributed by atoms with Crippen LogP contribution in [0.5, 0.6) is 0 Å². The van der Waals surface area contributed by atoms with Crippen molar-refractivity contribution >= 4 is 21.9 Å². The Morgan fingerprint density at radius 3 is 2.76 bits per heavy atom. The van der Waals surface area contributed by atoms with Crippen LogP contribution < -0.4 is 11.2 Å². The molecular formula is C19H18N4O2. The molecule has 4 aromatic rings. The second kappa shape index (κ2) is 6.05. The Morgan fingerprint density at radius 2 is 1.88 bits per heavy atom. The van der Waals surface area contributed by atoms with Gasteiger partial charge in [0.1, 0.15) is 5.65 Å². The molecule has 1 aromatic carbocycles. The number of aryl methyl sites for hydroxylation is 2. The smallest absolute Gasteiger partial charge is 0.332 e. The van der Waals surface area contributed by atoms with Crippen molar-refractivity contribution < 1.29 is 0 Å². The Morgan fingerprint density at radius 1 is 1.08 bits per heavy atom.